The number of rotatable bonds is 1. The molecular formula is C30H50O2. The van der Waals surface area contributed by atoms with Crippen molar-refractivity contribution >= 4 is 0 Å². The van der Waals surface area contributed by atoms with Gasteiger partial charge in [0.25, 0.3) is 0 Å². The maximum atomic E-state index is 10.9. The van der Waals surface area contributed by atoms with Crippen LogP contribution in [0, 0.1) is 50.2 Å². The van der Waals surface area contributed by atoms with Crippen molar-refractivity contribution in [1.29, 1.82) is 0 Å². The Morgan fingerprint density at radius 2 is 1.53 bits per heavy atom. The summed E-state index contributed by atoms with van der Waals surface area (Å²) in [6.45, 7) is 17.8. The van der Waals surface area contributed by atoms with Crippen molar-refractivity contribution in [3.05, 3.63) is 11.6 Å². The van der Waals surface area contributed by atoms with E-state index in [1.165, 1.54) is 57.8 Å². The standard InChI is InChI=1S/C30H50O2/c1-25(2)14-16-30(19-31)17-15-28(6)20(21(30)18-25)8-9-23-27(5)12-11-24(32)26(3,4)22(27)10-13-29(23,28)7/h8,21-24,31-32H,9-19H2,1-7H3/t21-,22+,23-,24-,27-,28+,29+,30+/m0/s1. The van der Waals surface area contributed by atoms with Crippen LogP contribution in [0.4, 0.5) is 0 Å². The van der Waals surface area contributed by atoms with E-state index >= 15 is 0 Å². The fourth-order valence-electron chi connectivity index (χ4n) is 10.6. The summed E-state index contributed by atoms with van der Waals surface area (Å²) in [6.07, 6.45) is 14.6. The van der Waals surface area contributed by atoms with E-state index in [0.29, 0.717) is 40.6 Å². The molecule has 0 aliphatic heterocycles. The SMILES string of the molecule is CC1(C)CC[C@]2(CO)CC[C@]3(C)C(=CC[C@H]4[C@@]5(C)CC[C@H](O)C(C)(C)[C@H]5CC[C@]43C)[C@@H]2C1. The number of fused-ring (bicyclic) bond motifs is 7. The average Bonchev–Trinajstić information content (AvgIpc) is 2.71. The summed E-state index contributed by atoms with van der Waals surface area (Å²) in [6, 6.07) is 0. The van der Waals surface area contributed by atoms with Gasteiger partial charge in [0.15, 0.2) is 0 Å². The molecule has 0 saturated heterocycles. The summed E-state index contributed by atoms with van der Waals surface area (Å²) < 4.78 is 0. The third kappa shape index (κ3) is 2.78. The molecule has 2 N–H and O–H groups in total. The third-order valence-electron chi connectivity index (χ3n) is 13.1. The normalized spacial score (nSPS) is 53.8. The molecule has 2 nitrogen and oxygen atoms in total. The Bertz CT molecular complexity index is 810. The van der Waals surface area contributed by atoms with E-state index in [0.717, 1.165) is 6.42 Å². The van der Waals surface area contributed by atoms with Crippen LogP contribution in [0.3, 0.4) is 0 Å². The van der Waals surface area contributed by atoms with Crippen molar-refractivity contribution in [2.45, 2.75) is 119 Å². The van der Waals surface area contributed by atoms with Gasteiger partial charge in [-0.3, -0.25) is 0 Å². The number of aliphatic hydroxyl groups is 2. The lowest BCUT2D eigenvalue weighted by molar-refractivity contribution is -0.204. The van der Waals surface area contributed by atoms with Crippen molar-refractivity contribution < 1.29 is 10.2 Å². The lowest BCUT2D eigenvalue weighted by atomic mass is 9.33. The van der Waals surface area contributed by atoms with E-state index in [4.69, 9.17) is 0 Å². The molecule has 5 rings (SSSR count). The molecule has 4 saturated carbocycles. The summed E-state index contributed by atoms with van der Waals surface area (Å²) in [7, 11) is 0. The molecule has 0 amide bonds. The first-order valence-corrected chi connectivity index (χ1v) is 13.8. The molecule has 0 aromatic heterocycles. The lowest BCUT2D eigenvalue weighted by Gasteiger charge is -2.71. The highest BCUT2D eigenvalue weighted by Crippen LogP contribution is 2.75. The molecule has 5 aliphatic rings. The summed E-state index contributed by atoms with van der Waals surface area (Å²) in [5.74, 6) is 1.87. The number of hydrogen-bond acceptors (Lipinski definition) is 2. The van der Waals surface area contributed by atoms with Crippen molar-refractivity contribution in [1.82, 2.24) is 0 Å². The Hall–Kier alpha value is -0.340. The molecule has 0 aromatic rings. The second-order valence-corrected chi connectivity index (χ2v) is 15.1. The van der Waals surface area contributed by atoms with Gasteiger partial charge in [0.05, 0.1) is 6.10 Å². The fraction of sp³-hybridized carbons (Fsp3) is 0.933. The molecule has 182 valence electrons. The average molecular weight is 443 g/mol. The molecule has 2 heteroatoms. The largest absolute Gasteiger partial charge is 0.396 e. The van der Waals surface area contributed by atoms with E-state index in [1.54, 1.807) is 5.57 Å². The topological polar surface area (TPSA) is 40.5 Å². The van der Waals surface area contributed by atoms with Crippen LogP contribution >= 0.6 is 0 Å². The Balaban J connectivity index is 1.58. The van der Waals surface area contributed by atoms with E-state index in [2.05, 4.69) is 54.5 Å². The first-order chi connectivity index (χ1) is 14.8. The van der Waals surface area contributed by atoms with Gasteiger partial charge < -0.3 is 10.2 Å². The van der Waals surface area contributed by atoms with E-state index in [-0.39, 0.29) is 22.3 Å². The first kappa shape index (κ1) is 23.4. The highest BCUT2D eigenvalue weighted by Gasteiger charge is 2.68. The highest BCUT2D eigenvalue weighted by molar-refractivity contribution is 5.33. The van der Waals surface area contributed by atoms with Gasteiger partial charge >= 0.3 is 0 Å². The monoisotopic (exact) mass is 442 g/mol. The zero-order valence-electron chi connectivity index (χ0n) is 22.1. The smallest absolute Gasteiger partial charge is 0.0594 e. The van der Waals surface area contributed by atoms with Crippen LogP contribution in [-0.4, -0.2) is 22.9 Å². The van der Waals surface area contributed by atoms with Gasteiger partial charge in [-0.2, -0.15) is 0 Å². The minimum Gasteiger partial charge on any atom is -0.396 e. The second kappa shape index (κ2) is 6.87. The van der Waals surface area contributed by atoms with E-state index in [9.17, 15) is 10.2 Å². The Morgan fingerprint density at radius 1 is 0.844 bits per heavy atom. The molecule has 8 atom stereocenters. The molecule has 0 aromatic carbocycles. The van der Waals surface area contributed by atoms with Crippen LogP contribution in [0.25, 0.3) is 0 Å². The molecule has 0 heterocycles. The quantitative estimate of drug-likeness (QED) is 0.424. The predicted octanol–water partition coefficient (Wildman–Crippen LogP) is 7.14. The summed E-state index contributed by atoms with van der Waals surface area (Å²) >= 11 is 0. The number of hydrogen-bond donors (Lipinski definition) is 2. The number of aliphatic hydroxyl groups excluding tert-OH is 2. The number of allylic oxidation sites excluding steroid dienone is 2. The zero-order chi connectivity index (χ0) is 23.4. The van der Waals surface area contributed by atoms with Crippen LogP contribution in [0.1, 0.15) is 113 Å². The Morgan fingerprint density at radius 3 is 2.22 bits per heavy atom. The summed E-state index contributed by atoms with van der Waals surface area (Å²) in [4.78, 5) is 0. The fourth-order valence-corrected chi connectivity index (χ4v) is 10.6. The van der Waals surface area contributed by atoms with Crippen LogP contribution < -0.4 is 0 Å². The maximum Gasteiger partial charge on any atom is 0.0594 e. The highest BCUT2D eigenvalue weighted by atomic mass is 16.3. The van der Waals surface area contributed by atoms with E-state index < -0.39 is 0 Å². The van der Waals surface area contributed by atoms with Gasteiger partial charge in [-0.1, -0.05) is 60.1 Å². The summed E-state index contributed by atoms with van der Waals surface area (Å²) in [5, 5.41) is 21.5. The van der Waals surface area contributed by atoms with Crippen LogP contribution in [0.2, 0.25) is 0 Å². The van der Waals surface area contributed by atoms with Crippen LogP contribution in [-0.2, 0) is 0 Å². The Labute approximate surface area is 197 Å². The molecule has 0 unspecified atom stereocenters. The molecule has 0 spiro atoms. The molecular weight excluding hydrogens is 392 g/mol. The predicted molar refractivity (Wildman–Crippen MR) is 132 cm³/mol. The molecule has 0 radical (unpaired) electrons. The molecule has 5 aliphatic carbocycles. The lowest BCUT2D eigenvalue weighted by Crippen LogP contribution is -2.64. The minimum absolute atomic E-state index is 0.0191. The van der Waals surface area contributed by atoms with Gasteiger partial charge in [-0.25, -0.2) is 0 Å². The van der Waals surface area contributed by atoms with Crippen molar-refractivity contribution in [2.24, 2.45) is 50.2 Å². The Kier molecular flexibility index (Phi) is 5.02. The van der Waals surface area contributed by atoms with Gasteiger partial charge in [0, 0.05) is 12.0 Å². The minimum atomic E-state index is -0.153. The van der Waals surface area contributed by atoms with E-state index in [1.807, 2.05) is 0 Å². The van der Waals surface area contributed by atoms with Crippen molar-refractivity contribution in [3.63, 3.8) is 0 Å². The van der Waals surface area contributed by atoms with Crippen molar-refractivity contribution in [2.75, 3.05) is 6.61 Å². The second-order valence-electron chi connectivity index (χ2n) is 15.1. The zero-order valence-corrected chi connectivity index (χ0v) is 22.1. The van der Waals surface area contributed by atoms with Gasteiger partial charge in [-0.05, 0) is 109 Å². The third-order valence-corrected chi connectivity index (χ3v) is 13.1. The first-order valence-electron chi connectivity index (χ1n) is 13.8. The molecule has 0 bridgehead atoms. The molecule has 32 heavy (non-hydrogen) atoms. The van der Waals surface area contributed by atoms with Gasteiger partial charge in [0.2, 0.25) is 0 Å². The van der Waals surface area contributed by atoms with Crippen molar-refractivity contribution in [3.8, 4) is 0 Å². The summed E-state index contributed by atoms with van der Waals surface area (Å²) in [5.41, 5.74) is 3.16. The van der Waals surface area contributed by atoms with Crippen LogP contribution in [0.15, 0.2) is 11.6 Å². The van der Waals surface area contributed by atoms with Gasteiger partial charge in [-0.15, -0.1) is 0 Å². The van der Waals surface area contributed by atoms with Gasteiger partial charge in [0.1, 0.15) is 0 Å². The maximum absolute atomic E-state index is 10.9. The van der Waals surface area contributed by atoms with Crippen LogP contribution in [0.5, 0.6) is 0 Å². The molecule has 4 fully saturated rings.